The number of hydrogen-bond donors (Lipinski definition) is 2. The lowest BCUT2D eigenvalue weighted by molar-refractivity contribution is 0.217. The van der Waals surface area contributed by atoms with Crippen LogP contribution < -0.4 is 10.1 Å². The second kappa shape index (κ2) is 6.35. The summed E-state index contributed by atoms with van der Waals surface area (Å²) in [5, 5.41) is 12.3. The monoisotopic (exact) mass is 290 g/mol. The van der Waals surface area contributed by atoms with Gasteiger partial charge in [0, 0.05) is 40.6 Å². The maximum absolute atomic E-state index is 8.96. The van der Waals surface area contributed by atoms with E-state index in [9.17, 15) is 0 Å². The van der Waals surface area contributed by atoms with E-state index < -0.39 is 0 Å². The van der Waals surface area contributed by atoms with Crippen LogP contribution in [0.1, 0.15) is 11.3 Å². The fourth-order valence-electron chi connectivity index (χ4n) is 2.10. The van der Waals surface area contributed by atoms with Crippen LogP contribution in [0.4, 0.5) is 0 Å². The largest absolute Gasteiger partial charge is 0.490 e. The summed E-state index contributed by atoms with van der Waals surface area (Å²) in [6, 6.07) is 6.64. The zero-order valence-electron chi connectivity index (χ0n) is 11.2. The molecule has 5 heteroatoms. The lowest BCUT2D eigenvalue weighted by Crippen LogP contribution is -2.46. The molecular weight excluding hydrogens is 272 g/mol. The van der Waals surface area contributed by atoms with Gasteiger partial charge in [0.25, 0.3) is 0 Å². The van der Waals surface area contributed by atoms with Crippen LogP contribution in [0.3, 0.4) is 0 Å². The zero-order valence-corrected chi connectivity index (χ0v) is 12.0. The van der Waals surface area contributed by atoms with Gasteiger partial charge in [0.1, 0.15) is 12.4 Å². The predicted octanol–water partition coefficient (Wildman–Crippen LogP) is 2.09. The summed E-state index contributed by atoms with van der Waals surface area (Å²) in [4.78, 5) is 6.60. The van der Waals surface area contributed by atoms with Crippen molar-refractivity contribution in [3.05, 3.63) is 35.5 Å². The SMILES string of the molecule is OCCc1ccc(-c2cncc(OCC3CCN3)c2)s1. The molecule has 0 amide bonds. The lowest BCUT2D eigenvalue weighted by atomic mass is 10.1. The molecule has 0 bridgehead atoms. The van der Waals surface area contributed by atoms with Crippen LogP contribution >= 0.6 is 11.3 Å². The quantitative estimate of drug-likeness (QED) is 0.855. The Hall–Kier alpha value is -1.43. The molecule has 0 aromatic carbocycles. The number of thiophene rings is 1. The summed E-state index contributed by atoms with van der Waals surface area (Å²) in [6.45, 7) is 1.98. The van der Waals surface area contributed by atoms with Crippen molar-refractivity contribution < 1.29 is 9.84 Å². The third-order valence-corrected chi connectivity index (χ3v) is 4.59. The van der Waals surface area contributed by atoms with Crippen LogP contribution in [0, 0.1) is 0 Å². The molecule has 3 heterocycles. The van der Waals surface area contributed by atoms with Gasteiger partial charge >= 0.3 is 0 Å². The van der Waals surface area contributed by atoms with Crippen LogP contribution in [-0.4, -0.2) is 35.9 Å². The number of pyridine rings is 1. The number of aliphatic hydroxyl groups excluding tert-OH is 1. The van der Waals surface area contributed by atoms with Gasteiger partial charge in [0.05, 0.1) is 6.20 Å². The highest BCUT2D eigenvalue weighted by Gasteiger charge is 2.16. The number of nitrogens with zero attached hydrogens (tertiary/aromatic N) is 1. The highest BCUT2D eigenvalue weighted by Crippen LogP contribution is 2.30. The third-order valence-electron chi connectivity index (χ3n) is 3.39. The molecule has 0 radical (unpaired) electrons. The average Bonchev–Trinajstić information content (AvgIpc) is 2.86. The van der Waals surface area contributed by atoms with Gasteiger partial charge in [-0.15, -0.1) is 11.3 Å². The maximum atomic E-state index is 8.96. The summed E-state index contributed by atoms with van der Waals surface area (Å²) in [5.74, 6) is 0.813. The number of ether oxygens (including phenoxy) is 1. The van der Waals surface area contributed by atoms with E-state index in [4.69, 9.17) is 9.84 Å². The van der Waals surface area contributed by atoms with Crippen molar-refractivity contribution in [2.75, 3.05) is 19.8 Å². The molecule has 0 aliphatic carbocycles. The minimum absolute atomic E-state index is 0.190. The van der Waals surface area contributed by atoms with Gasteiger partial charge in [-0.05, 0) is 31.2 Å². The second-order valence-electron chi connectivity index (χ2n) is 4.90. The Morgan fingerprint density at radius 1 is 1.40 bits per heavy atom. The number of aliphatic hydroxyl groups is 1. The first-order valence-electron chi connectivity index (χ1n) is 6.86. The van der Waals surface area contributed by atoms with E-state index >= 15 is 0 Å². The van der Waals surface area contributed by atoms with Gasteiger partial charge in [0.2, 0.25) is 0 Å². The van der Waals surface area contributed by atoms with Crippen molar-refractivity contribution in [3.8, 4) is 16.2 Å². The zero-order chi connectivity index (χ0) is 13.8. The standard InChI is InChI=1S/C15H18N2O2S/c18-6-4-14-1-2-15(20-14)11-7-13(9-16-8-11)19-10-12-3-5-17-12/h1-2,7-9,12,17-18H,3-6,10H2. The smallest absolute Gasteiger partial charge is 0.138 e. The molecule has 0 saturated carbocycles. The first-order valence-corrected chi connectivity index (χ1v) is 7.68. The molecule has 0 spiro atoms. The fraction of sp³-hybridized carbons (Fsp3) is 0.400. The molecule has 1 saturated heterocycles. The number of aromatic nitrogens is 1. The van der Waals surface area contributed by atoms with E-state index in [0.29, 0.717) is 19.1 Å². The van der Waals surface area contributed by atoms with Crippen LogP contribution in [0.25, 0.3) is 10.4 Å². The molecule has 106 valence electrons. The summed E-state index contributed by atoms with van der Waals surface area (Å²) in [6.07, 6.45) is 5.50. The van der Waals surface area contributed by atoms with Crippen LogP contribution in [0.5, 0.6) is 5.75 Å². The Bertz CT molecular complexity index is 567. The summed E-state index contributed by atoms with van der Waals surface area (Å²) >= 11 is 1.69. The van der Waals surface area contributed by atoms with Crippen molar-refractivity contribution in [2.45, 2.75) is 18.9 Å². The molecule has 1 atom stereocenters. The fourth-order valence-corrected chi connectivity index (χ4v) is 3.08. The Kier molecular flexibility index (Phi) is 4.30. The molecule has 4 nitrogen and oxygen atoms in total. The Labute approximate surface area is 122 Å². The van der Waals surface area contributed by atoms with Gasteiger partial charge in [-0.25, -0.2) is 0 Å². The minimum Gasteiger partial charge on any atom is -0.490 e. The second-order valence-corrected chi connectivity index (χ2v) is 6.07. The molecule has 1 fully saturated rings. The number of hydrogen-bond acceptors (Lipinski definition) is 5. The minimum atomic E-state index is 0.190. The van der Waals surface area contributed by atoms with Crippen molar-refractivity contribution in [1.29, 1.82) is 0 Å². The summed E-state index contributed by atoms with van der Waals surface area (Å²) in [5.41, 5.74) is 1.07. The highest BCUT2D eigenvalue weighted by atomic mass is 32.1. The molecule has 2 N–H and O–H groups in total. The van der Waals surface area contributed by atoms with E-state index in [1.54, 1.807) is 17.5 Å². The van der Waals surface area contributed by atoms with Gasteiger partial charge < -0.3 is 15.2 Å². The highest BCUT2D eigenvalue weighted by molar-refractivity contribution is 7.15. The van der Waals surface area contributed by atoms with Crippen molar-refractivity contribution in [2.24, 2.45) is 0 Å². The predicted molar refractivity (Wildman–Crippen MR) is 80.2 cm³/mol. The van der Waals surface area contributed by atoms with E-state index in [2.05, 4.69) is 22.4 Å². The van der Waals surface area contributed by atoms with E-state index in [-0.39, 0.29) is 6.61 Å². The van der Waals surface area contributed by atoms with Crippen LogP contribution in [0.15, 0.2) is 30.6 Å². The van der Waals surface area contributed by atoms with Gasteiger partial charge in [-0.1, -0.05) is 0 Å². The molecule has 1 aliphatic heterocycles. The third kappa shape index (κ3) is 3.17. The molecule has 20 heavy (non-hydrogen) atoms. The molecule has 1 aliphatic rings. The van der Waals surface area contributed by atoms with Crippen molar-refractivity contribution >= 4 is 11.3 Å². The topological polar surface area (TPSA) is 54.4 Å². The Morgan fingerprint density at radius 2 is 2.30 bits per heavy atom. The number of rotatable bonds is 6. The van der Waals surface area contributed by atoms with E-state index in [0.717, 1.165) is 22.7 Å². The average molecular weight is 290 g/mol. The lowest BCUT2D eigenvalue weighted by Gasteiger charge is -2.27. The molecule has 2 aromatic heterocycles. The first kappa shape index (κ1) is 13.5. The Morgan fingerprint density at radius 3 is 3.05 bits per heavy atom. The maximum Gasteiger partial charge on any atom is 0.138 e. The molecular formula is C15H18N2O2S. The number of nitrogens with one attached hydrogen (secondary N) is 1. The first-order chi connectivity index (χ1) is 9.85. The van der Waals surface area contributed by atoms with Crippen LogP contribution in [-0.2, 0) is 6.42 Å². The van der Waals surface area contributed by atoms with Gasteiger partial charge in [-0.2, -0.15) is 0 Å². The van der Waals surface area contributed by atoms with Crippen LogP contribution in [0.2, 0.25) is 0 Å². The Balaban J connectivity index is 1.68. The normalized spacial score (nSPS) is 17.8. The van der Waals surface area contributed by atoms with Gasteiger partial charge in [-0.3, -0.25) is 4.98 Å². The van der Waals surface area contributed by atoms with Crippen molar-refractivity contribution in [3.63, 3.8) is 0 Å². The molecule has 1 unspecified atom stereocenters. The summed E-state index contributed by atoms with van der Waals surface area (Å²) in [7, 11) is 0. The van der Waals surface area contributed by atoms with E-state index in [1.165, 1.54) is 11.3 Å². The van der Waals surface area contributed by atoms with E-state index in [1.807, 2.05) is 12.3 Å². The molecule has 2 aromatic rings. The van der Waals surface area contributed by atoms with Gasteiger partial charge in [0.15, 0.2) is 0 Å². The van der Waals surface area contributed by atoms with Crippen molar-refractivity contribution in [1.82, 2.24) is 10.3 Å². The molecule has 3 rings (SSSR count). The summed E-state index contributed by atoms with van der Waals surface area (Å²) < 4.78 is 5.77.